The molecular formula is C23H21Cl2MgNO6. The van der Waals surface area contributed by atoms with E-state index in [4.69, 9.17) is 33.4 Å². The van der Waals surface area contributed by atoms with Crippen molar-refractivity contribution < 1.29 is 32.6 Å². The normalized spacial score (nSPS) is 9.70. The molecule has 0 aliphatic rings. The van der Waals surface area contributed by atoms with Crippen molar-refractivity contribution in [2.24, 2.45) is 0 Å². The second kappa shape index (κ2) is 12.5. The number of carbonyl (C=O) groups excluding carboxylic acids is 1. The summed E-state index contributed by atoms with van der Waals surface area (Å²) in [7, 11) is 0. The summed E-state index contributed by atoms with van der Waals surface area (Å²) in [6.07, 6.45) is 0. The Morgan fingerprint density at radius 1 is 0.848 bits per heavy atom. The number of carboxylic acid groups (broad SMARTS) is 2. The van der Waals surface area contributed by atoms with Crippen LogP contribution in [0.5, 0.6) is 5.75 Å². The first-order valence-electron chi connectivity index (χ1n) is 9.14. The number of hydrogen-bond donors (Lipinski definition) is 4. The molecule has 7 nitrogen and oxygen atoms in total. The first-order valence-corrected chi connectivity index (χ1v) is 9.90. The molecule has 0 radical (unpaired) electrons. The average Bonchev–Trinajstić information content (AvgIpc) is 2.74. The number of carbonyl (C=O) groups is 3. The van der Waals surface area contributed by atoms with Gasteiger partial charge in [-0.15, -0.1) is 0 Å². The molecule has 170 valence electrons. The molecule has 0 atom stereocenters. The van der Waals surface area contributed by atoms with Crippen molar-refractivity contribution in [2.45, 2.75) is 13.8 Å². The quantitative estimate of drug-likeness (QED) is 0.254. The van der Waals surface area contributed by atoms with Gasteiger partial charge in [-0.25, -0.2) is 9.59 Å². The van der Waals surface area contributed by atoms with E-state index in [1.54, 1.807) is 30.3 Å². The number of halogens is 2. The molecule has 0 unspecified atom stereocenters. The van der Waals surface area contributed by atoms with Gasteiger partial charge in [0, 0.05) is 0 Å². The van der Waals surface area contributed by atoms with Crippen LogP contribution in [0.2, 0.25) is 10.0 Å². The topological polar surface area (TPSA) is 124 Å². The maximum Gasteiger partial charge on any atom is 2.00 e. The number of aryl methyl sites for hydroxylation is 1. The Labute approximate surface area is 219 Å². The Kier molecular flexibility index (Phi) is 10.7. The second-order valence-corrected chi connectivity index (χ2v) is 7.38. The molecule has 0 aromatic heterocycles. The molecule has 10 heteroatoms. The van der Waals surface area contributed by atoms with Gasteiger partial charge in [-0.2, -0.15) is 0 Å². The molecule has 3 aromatic rings. The van der Waals surface area contributed by atoms with Crippen LogP contribution in [0.1, 0.15) is 46.4 Å². The average molecular weight is 503 g/mol. The van der Waals surface area contributed by atoms with Gasteiger partial charge in [0.05, 0.1) is 32.5 Å². The molecule has 0 bridgehead atoms. The van der Waals surface area contributed by atoms with Crippen molar-refractivity contribution in [3.8, 4) is 5.75 Å². The van der Waals surface area contributed by atoms with E-state index in [2.05, 4.69) is 5.32 Å². The fourth-order valence-corrected chi connectivity index (χ4v) is 3.15. The van der Waals surface area contributed by atoms with Crippen molar-refractivity contribution >= 4 is 75.4 Å². The SMILES string of the molecule is CC(=O)c1cccc(C(=O)O)c1O.Cc1ccc(Cl)c(Nc2ccccc2C(=O)O)c1Cl.[H-].[H-].[Mg+2]. The van der Waals surface area contributed by atoms with Gasteiger partial charge in [0.25, 0.3) is 0 Å². The Bertz CT molecular complexity index is 1180. The van der Waals surface area contributed by atoms with Crippen LogP contribution in [0.3, 0.4) is 0 Å². The van der Waals surface area contributed by atoms with Crippen molar-refractivity contribution in [1.29, 1.82) is 0 Å². The second-order valence-electron chi connectivity index (χ2n) is 6.59. The molecule has 0 heterocycles. The third-order valence-electron chi connectivity index (χ3n) is 4.35. The first kappa shape index (κ1) is 28.2. The van der Waals surface area contributed by atoms with Crippen LogP contribution >= 0.6 is 23.2 Å². The Hall–Kier alpha value is -2.78. The van der Waals surface area contributed by atoms with E-state index in [-0.39, 0.29) is 48.4 Å². The predicted molar refractivity (Wildman–Crippen MR) is 131 cm³/mol. The van der Waals surface area contributed by atoms with Gasteiger partial charge in [0.15, 0.2) is 5.78 Å². The maximum atomic E-state index is 11.1. The van der Waals surface area contributed by atoms with Gasteiger partial charge in [-0.1, -0.05) is 47.5 Å². The van der Waals surface area contributed by atoms with Crippen LogP contribution in [0.4, 0.5) is 11.4 Å². The summed E-state index contributed by atoms with van der Waals surface area (Å²) >= 11 is 12.3. The summed E-state index contributed by atoms with van der Waals surface area (Å²) in [6.45, 7) is 3.12. The number of Topliss-reactive ketones (excluding diaryl/α,β-unsaturated/α-hetero) is 1. The molecule has 4 N–H and O–H groups in total. The molecule has 3 rings (SSSR count). The molecule has 0 amide bonds. The van der Waals surface area contributed by atoms with Gasteiger partial charge in [-0.3, -0.25) is 4.79 Å². The van der Waals surface area contributed by atoms with Crippen molar-refractivity contribution in [1.82, 2.24) is 0 Å². The van der Waals surface area contributed by atoms with E-state index in [0.717, 1.165) is 5.56 Å². The summed E-state index contributed by atoms with van der Waals surface area (Å²) in [5, 5.41) is 31.0. The summed E-state index contributed by atoms with van der Waals surface area (Å²) in [6, 6.07) is 14.1. The van der Waals surface area contributed by atoms with Gasteiger partial charge < -0.3 is 23.5 Å². The number of ketones is 1. The van der Waals surface area contributed by atoms with Crippen LogP contribution < -0.4 is 5.32 Å². The molecule has 33 heavy (non-hydrogen) atoms. The molecule has 0 saturated carbocycles. The zero-order valence-electron chi connectivity index (χ0n) is 19.7. The molecule has 0 fully saturated rings. The number of benzene rings is 3. The van der Waals surface area contributed by atoms with Gasteiger partial charge in [0.2, 0.25) is 0 Å². The minimum absolute atomic E-state index is 0. The molecular weight excluding hydrogens is 481 g/mol. The summed E-state index contributed by atoms with van der Waals surface area (Å²) in [4.78, 5) is 32.6. The largest absolute Gasteiger partial charge is 2.00 e. The van der Waals surface area contributed by atoms with Crippen LogP contribution in [-0.4, -0.2) is 56.1 Å². The van der Waals surface area contributed by atoms with E-state index in [1.165, 1.54) is 31.2 Å². The summed E-state index contributed by atoms with van der Waals surface area (Å²) < 4.78 is 0. The molecule has 0 saturated heterocycles. The van der Waals surface area contributed by atoms with Crippen LogP contribution in [0.15, 0.2) is 54.6 Å². The number of phenols is 1. The van der Waals surface area contributed by atoms with E-state index < -0.39 is 17.7 Å². The Morgan fingerprint density at radius 2 is 1.39 bits per heavy atom. The zero-order chi connectivity index (χ0) is 24.0. The van der Waals surface area contributed by atoms with E-state index in [1.807, 2.05) is 6.92 Å². The van der Waals surface area contributed by atoms with Crippen molar-refractivity contribution in [3.63, 3.8) is 0 Å². The van der Waals surface area contributed by atoms with Crippen LogP contribution in [-0.2, 0) is 0 Å². The number of aromatic hydroxyl groups is 1. The first-order chi connectivity index (χ1) is 15.0. The van der Waals surface area contributed by atoms with Gasteiger partial charge >= 0.3 is 35.0 Å². The number of para-hydroxylation sites is 2. The van der Waals surface area contributed by atoms with E-state index in [9.17, 15) is 19.5 Å². The number of rotatable bonds is 5. The van der Waals surface area contributed by atoms with Crippen LogP contribution in [0.25, 0.3) is 0 Å². The number of carboxylic acids is 2. The maximum absolute atomic E-state index is 11.1. The fourth-order valence-electron chi connectivity index (χ4n) is 2.68. The van der Waals surface area contributed by atoms with Crippen molar-refractivity contribution in [3.05, 3.63) is 86.9 Å². The van der Waals surface area contributed by atoms with Gasteiger partial charge in [-0.05, 0) is 49.7 Å². The van der Waals surface area contributed by atoms with E-state index in [0.29, 0.717) is 21.4 Å². The zero-order valence-corrected chi connectivity index (χ0v) is 20.7. The van der Waals surface area contributed by atoms with Crippen molar-refractivity contribution in [2.75, 3.05) is 5.32 Å². The van der Waals surface area contributed by atoms with E-state index >= 15 is 0 Å². The monoisotopic (exact) mass is 501 g/mol. The number of anilines is 2. The molecule has 0 aliphatic heterocycles. The summed E-state index contributed by atoms with van der Waals surface area (Å²) in [5.74, 6) is -3.09. The third kappa shape index (κ3) is 7.10. The number of nitrogens with one attached hydrogen (secondary N) is 1. The van der Waals surface area contributed by atoms with Gasteiger partial charge in [0.1, 0.15) is 11.3 Å². The standard InChI is InChI=1S/C14H11Cl2NO2.C9H8O4.Mg.2H/c1-8-6-7-10(15)13(12(8)16)17-11-5-3-2-4-9(11)14(18)19;1-5(10)6-3-2-4-7(8(6)11)9(12)13;;;/h2-7,17H,1H3,(H,18,19);2-4,11H,1H3,(H,12,13);;;/q;;+2;2*-1. The number of hydrogen-bond acceptors (Lipinski definition) is 5. The third-order valence-corrected chi connectivity index (χ3v) is 5.15. The minimum Gasteiger partial charge on any atom is -1.00 e. The Balaban J connectivity index is 0. The Morgan fingerprint density at radius 3 is 1.97 bits per heavy atom. The molecule has 0 aliphatic carbocycles. The summed E-state index contributed by atoms with van der Waals surface area (Å²) in [5.41, 5.74) is 1.76. The molecule has 3 aromatic carbocycles. The van der Waals surface area contributed by atoms with Crippen LogP contribution in [0, 0.1) is 6.92 Å². The minimum atomic E-state index is -1.25. The molecule has 0 spiro atoms. The number of aromatic carboxylic acids is 2. The smallest absolute Gasteiger partial charge is 1.00 e. The fraction of sp³-hybridized carbons (Fsp3) is 0.0870. The predicted octanol–water partition coefficient (Wildman–Crippen LogP) is 5.88.